The van der Waals surface area contributed by atoms with Crippen molar-refractivity contribution in [2.45, 2.75) is 4.05 Å². The smallest absolute Gasteiger partial charge is 0.387 e. The monoisotopic (exact) mass is 252 g/mol. The molecule has 0 aromatic carbocycles. The molecule has 0 radical (unpaired) electrons. The maximum atomic E-state index is 12.1. The molecule has 0 bridgehead atoms. The number of hydrogen-bond donors (Lipinski definition) is 0. The van der Waals surface area contributed by atoms with E-state index in [-0.39, 0.29) is 0 Å². The fraction of sp³-hybridized carbons (Fsp3) is 0.333. The third kappa shape index (κ3) is 1.41. The van der Waals surface area contributed by atoms with E-state index in [9.17, 15) is 13.2 Å². The van der Waals surface area contributed by atoms with Crippen LogP contribution < -0.4 is 0 Å². The van der Waals surface area contributed by atoms with Crippen LogP contribution in [0, 0.1) is 0 Å². The largest absolute Gasteiger partial charge is 0.465 e. The van der Waals surface area contributed by atoms with Crippen LogP contribution in [0.4, 0.5) is 13.2 Å². The quantitative estimate of drug-likeness (QED) is 0.485. The van der Waals surface area contributed by atoms with Crippen molar-refractivity contribution >= 4 is 22.6 Å². The molecule has 6 heteroatoms. The summed E-state index contributed by atoms with van der Waals surface area (Å²) in [6.07, 6.45) is 0. The van der Waals surface area contributed by atoms with Crippen LogP contribution in [0.2, 0.25) is 0 Å². The average molecular weight is 252 g/mol. The molecule has 1 rings (SSSR count). The van der Waals surface area contributed by atoms with E-state index in [0.29, 0.717) is 0 Å². The maximum absolute atomic E-state index is 12.1. The molecule has 0 fully saturated rings. The van der Waals surface area contributed by atoms with Gasteiger partial charge in [0.05, 0.1) is 22.6 Å². The van der Waals surface area contributed by atoms with Crippen molar-refractivity contribution < 1.29 is 22.6 Å². The van der Waals surface area contributed by atoms with E-state index in [1.807, 2.05) is 0 Å². The van der Waals surface area contributed by atoms with Crippen molar-refractivity contribution in [2.24, 2.45) is 0 Å². The Hall–Kier alpha value is -0.140. The van der Waals surface area contributed by atoms with Gasteiger partial charge >= 0.3 is 16.1 Å². The first-order valence-corrected chi connectivity index (χ1v) is 2.90. The Bertz CT molecular complexity index is 150. The zero-order chi connectivity index (χ0) is 7.07. The number of hydrogen-bond acceptors (Lipinski definition) is 2. The molecule has 0 unspecified atom stereocenters. The molecule has 0 saturated carbocycles. The summed E-state index contributed by atoms with van der Waals surface area (Å²) in [4.78, 5) is 0. The Morgan fingerprint density at radius 3 is 1.67 bits per heavy atom. The first kappa shape index (κ1) is 6.97. The van der Waals surface area contributed by atoms with E-state index in [0.717, 1.165) is 22.6 Å². The highest BCUT2D eigenvalue weighted by Crippen LogP contribution is 2.38. The number of ether oxygens (including phenoxy) is 2. The molecule has 0 aromatic rings. The first-order valence-electron chi connectivity index (χ1n) is 1.82. The normalized spacial score (nSPS) is 23.6. The Morgan fingerprint density at radius 2 is 1.56 bits per heavy atom. The average Bonchev–Trinajstić information content (AvgIpc) is 1.79. The van der Waals surface area contributed by atoms with Gasteiger partial charge < -0.3 is 9.47 Å². The molecule has 0 saturated heterocycles. The van der Waals surface area contributed by atoms with Crippen LogP contribution in [0.15, 0.2) is 12.0 Å². The number of halogens is 4. The third-order valence-corrected chi connectivity index (χ3v) is 1.01. The highest BCUT2D eigenvalue weighted by atomic mass is 127. The van der Waals surface area contributed by atoms with E-state index in [1.54, 1.807) is 0 Å². The molecule has 1 aliphatic heterocycles. The van der Waals surface area contributed by atoms with Gasteiger partial charge in [0.2, 0.25) is 0 Å². The predicted octanol–water partition coefficient (Wildman–Crippen LogP) is 2.11. The summed E-state index contributed by atoms with van der Waals surface area (Å²) >= 11 is 0.964. The lowest BCUT2D eigenvalue weighted by atomic mass is 11.0. The Kier molecular flexibility index (Phi) is 1.49. The van der Waals surface area contributed by atoms with Crippen LogP contribution in [-0.2, 0) is 9.47 Å². The summed E-state index contributed by atoms with van der Waals surface area (Å²) in [5.74, 6) is 0. The fourth-order valence-electron chi connectivity index (χ4n) is 0.310. The zero-order valence-corrected chi connectivity index (χ0v) is 5.99. The van der Waals surface area contributed by atoms with Crippen molar-refractivity contribution in [1.82, 2.24) is 0 Å². The second kappa shape index (κ2) is 1.93. The van der Waals surface area contributed by atoms with E-state index in [1.165, 1.54) is 0 Å². The molecule has 0 N–H and O–H groups in total. The van der Waals surface area contributed by atoms with E-state index < -0.39 is 16.1 Å². The lowest BCUT2D eigenvalue weighted by molar-refractivity contribution is -0.168. The highest BCUT2D eigenvalue weighted by molar-refractivity contribution is 14.1. The van der Waals surface area contributed by atoms with Gasteiger partial charge in [0.15, 0.2) is 0 Å². The van der Waals surface area contributed by atoms with Crippen LogP contribution in [-0.4, -0.2) is 4.05 Å². The van der Waals surface area contributed by atoms with Gasteiger partial charge in [0, 0.05) is 0 Å². The van der Waals surface area contributed by atoms with Crippen LogP contribution in [0.5, 0.6) is 0 Å². The van der Waals surface area contributed by atoms with Crippen molar-refractivity contribution in [3.8, 4) is 0 Å². The van der Waals surface area contributed by atoms with Gasteiger partial charge in [-0.3, -0.25) is 0 Å². The molecule has 0 aliphatic carbocycles. The molecule has 2 nitrogen and oxygen atoms in total. The minimum atomic E-state index is -2.72. The van der Waals surface area contributed by atoms with Crippen molar-refractivity contribution in [1.29, 1.82) is 0 Å². The predicted molar refractivity (Wildman–Crippen MR) is 29.3 cm³/mol. The topological polar surface area (TPSA) is 18.5 Å². The molecular weight excluding hydrogens is 252 g/mol. The molecule has 0 amide bonds. The fourth-order valence-corrected chi connectivity index (χ4v) is 0.696. The summed E-state index contributed by atoms with van der Waals surface area (Å²) < 4.78 is 40.1. The summed E-state index contributed by atoms with van der Waals surface area (Å²) in [5, 5.41) is 0. The summed E-state index contributed by atoms with van der Waals surface area (Å²) in [6.45, 7) is 0. The molecule has 0 aromatic heterocycles. The molecule has 9 heavy (non-hydrogen) atoms. The lowest BCUT2D eigenvalue weighted by Gasteiger charge is -2.07. The van der Waals surface area contributed by atoms with E-state index in [2.05, 4.69) is 9.47 Å². The van der Waals surface area contributed by atoms with Gasteiger partial charge in [-0.25, -0.2) is 0 Å². The van der Waals surface area contributed by atoms with E-state index in [4.69, 9.17) is 0 Å². The van der Waals surface area contributed by atoms with Crippen LogP contribution in [0.25, 0.3) is 0 Å². The van der Waals surface area contributed by atoms with Crippen molar-refractivity contribution in [3.05, 3.63) is 12.0 Å². The third-order valence-electron chi connectivity index (χ3n) is 0.571. The van der Waals surface area contributed by atoms with Gasteiger partial charge in [0.1, 0.15) is 0 Å². The summed E-state index contributed by atoms with van der Waals surface area (Å²) in [5.41, 5.74) is 0. The van der Waals surface area contributed by atoms with Gasteiger partial charge in [-0.1, -0.05) is 0 Å². The van der Waals surface area contributed by atoms with Gasteiger partial charge in [-0.15, -0.1) is 4.39 Å². The molecule has 1 heterocycles. The van der Waals surface area contributed by atoms with Crippen LogP contribution in [0.1, 0.15) is 0 Å². The minimum absolute atomic E-state index is 0.964. The summed E-state index contributed by atoms with van der Waals surface area (Å²) in [6, 6.07) is -3.32. The standard InChI is InChI=1S/C3F3IO2/c4-1-2(5)9-3(6,7)8-1. The molecule has 0 atom stereocenters. The number of rotatable bonds is 0. The minimum Gasteiger partial charge on any atom is -0.387 e. The highest BCUT2D eigenvalue weighted by Gasteiger charge is 2.42. The van der Waals surface area contributed by atoms with Crippen LogP contribution in [0.3, 0.4) is 0 Å². The first-order chi connectivity index (χ1) is 4.01. The molecule has 0 spiro atoms. The maximum Gasteiger partial charge on any atom is 0.465 e. The second-order valence-corrected chi connectivity index (χ2v) is 2.50. The second-order valence-electron chi connectivity index (χ2n) is 1.21. The lowest BCUT2D eigenvalue weighted by Crippen LogP contribution is -2.12. The van der Waals surface area contributed by atoms with Gasteiger partial charge in [0.25, 0.3) is 0 Å². The van der Waals surface area contributed by atoms with Crippen molar-refractivity contribution in [3.63, 3.8) is 0 Å². The Labute approximate surface area is 61.8 Å². The van der Waals surface area contributed by atoms with Crippen LogP contribution >= 0.6 is 22.6 Å². The molecule has 52 valence electrons. The van der Waals surface area contributed by atoms with E-state index >= 15 is 0 Å². The zero-order valence-electron chi connectivity index (χ0n) is 3.83. The van der Waals surface area contributed by atoms with Gasteiger partial charge in [-0.2, -0.15) is 8.78 Å². The molecule has 1 aliphatic rings. The molecular formula is C3F3IO2. The SMILES string of the molecule is FC1=C(F)OC(F)(I)O1. The Morgan fingerprint density at radius 1 is 1.22 bits per heavy atom. The van der Waals surface area contributed by atoms with Crippen molar-refractivity contribution in [2.75, 3.05) is 0 Å². The summed E-state index contributed by atoms with van der Waals surface area (Å²) in [7, 11) is 0. The van der Waals surface area contributed by atoms with Gasteiger partial charge in [-0.05, 0) is 0 Å². The Balaban J connectivity index is 2.70. The number of alkyl halides is 2.